The van der Waals surface area contributed by atoms with Crippen molar-refractivity contribution in [2.24, 2.45) is 5.92 Å². The molecule has 0 radical (unpaired) electrons. The molecule has 2 fully saturated rings. The molecule has 0 spiro atoms. The second-order valence-electron chi connectivity index (χ2n) is 6.07. The first kappa shape index (κ1) is 15.2. The summed E-state index contributed by atoms with van der Waals surface area (Å²) in [7, 11) is 0. The molecule has 1 saturated heterocycles. The fourth-order valence-corrected chi connectivity index (χ4v) is 2.97. The fraction of sp³-hybridized carbons (Fsp3) is 1.00. The molecule has 3 atom stereocenters. The van der Waals surface area contributed by atoms with Gasteiger partial charge >= 0.3 is 0 Å². The van der Waals surface area contributed by atoms with E-state index in [1.807, 2.05) is 0 Å². The lowest BCUT2D eigenvalue weighted by molar-refractivity contribution is -0.0239. The number of aliphatic hydroxyl groups excluding tert-OH is 1. The zero-order chi connectivity index (χ0) is 13.5. The van der Waals surface area contributed by atoms with E-state index in [0.29, 0.717) is 31.2 Å². The molecule has 2 rings (SSSR count). The summed E-state index contributed by atoms with van der Waals surface area (Å²) in [4.78, 5) is 0. The zero-order valence-electron chi connectivity index (χ0n) is 12.1. The monoisotopic (exact) mass is 271 g/mol. The smallest absolute Gasteiger partial charge is 0.0897 e. The third-order valence-electron chi connectivity index (χ3n) is 4.42. The van der Waals surface area contributed by atoms with Crippen molar-refractivity contribution in [2.45, 2.75) is 63.7 Å². The molecule has 112 valence electrons. The molecule has 0 aromatic heterocycles. The molecule has 1 heterocycles. The van der Waals surface area contributed by atoms with Gasteiger partial charge < -0.3 is 19.9 Å². The Morgan fingerprint density at radius 1 is 1.26 bits per heavy atom. The second-order valence-corrected chi connectivity index (χ2v) is 6.07. The van der Waals surface area contributed by atoms with Gasteiger partial charge in [0.1, 0.15) is 0 Å². The molecule has 0 aromatic carbocycles. The van der Waals surface area contributed by atoms with E-state index < -0.39 is 6.10 Å². The van der Waals surface area contributed by atoms with Crippen LogP contribution in [0.4, 0.5) is 0 Å². The number of hydrogen-bond donors (Lipinski definition) is 2. The Bertz CT molecular complexity index is 238. The molecule has 19 heavy (non-hydrogen) atoms. The Balaban J connectivity index is 1.54. The summed E-state index contributed by atoms with van der Waals surface area (Å²) < 4.78 is 11.2. The van der Waals surface area contributed by atoms with Gasteiger partial charge in [-0.25, -0.2) is 0 Å². The van der Waals surface area contributed by atoms with Crippen molar-refractivity contribution in [1.29, 1.82) is 0 Å². The lowest BCUT2D eigenvalue weighted by atomic mass is 9.98. The van der Waals surface area contributed by atoms with Gasteiger partial charge in [-0.05, 0) is 32.1 Å². The van der Waals surface area contributed by atoms with Crippen LogP contribution in [0.3, 0.4) is 0 Å². The quantitative estimate of drug-likeness (QED) is 0.740. The maximum absolute atomic E-state index is 9.95. The molecule has 1 saturated carbocycles. The Morgan fingerprint density at radius 3 is 2.74 bits per heavy atom. The molecule has 2 aliphatic rings. The highest BCUT2D eigenvalue weighted by atomic mass is 16.5. The van der Waals surface area contributed by atoms with Crippen molar-refractivity contribution < 1.29 is 14.6 Å². The maximum Gasteiger partial charge on any atom is 0.0897 e. The average molecular weight is 271 g/mol. The number of aliphatic hydroxyl groups is 1. The van der Waals surface area contributed by atoms with Crippen LogP contribution in [0.2, 0.25) is 0 Å². The number of nitrogens with one attached hydrogen (secondary N) is 1. The highest BCUT2D eigenvalue weighted by Gasteiger charge is 2.22. The van der Waals surface area contributed by atoms with Crippen LogP contribution in [0.25, 0.3) is 0 Å². The molecule has 2 N–H and O–H groups in total. The van der Waals surface area contributed by atoms with Crippen molar-refractivity contribution in [3.8, 4) is 0 Å². The Labute approximate surface area is 116 Å². The van der Waals surface area contributed by atoms with Crippen molar-refractivity contribution in [2.75, 3.05) is 26.4 Å². The van der Waals surface area contributed by atoms with E-state index in [4.69, 9.17) is 9.47 Å². The van der Waals surface area contributed by atoms with Gasteiger partial charge in [-0.2, -0.15) is 0 Å². The Morgan fingerprint density at radius 2 is 2.05 bits per heavy atom. The molecular weight excluding hydrogens is 242 g/mol. The third-order valence-corrected chi connectivity index (χ3v) is 4.42. The van der Waals surface area contributed by atoms with Gasteiger partial charge in [0, 0.05) is 19.2 Å². The minimum Gasteiger partial charge on any atom is -0.389 e. The topological polar surface area (TPSA) is 50.7 Å². The van der Waals surface area contributed by atoms with Crippen molar-refractivity contribution in [1.82, 2.24) is 5.32 Å². The van der Waals surface area contributed by atoms with Gasteiger partial charge in [-0.3, -0.25) is 0 Å². The summed E-state index contributed by atoms with van der Waals surface area (Å²) in [6.07, 6.45) is 7.32. The van der Waals surface area contributed by atoms with Crippen LogP contribution in [-0.2, 0) is 9.47 Å². The lowest BCUT2D eigenvalue weighted by Crippen LogP contribution is -2.40. The van der Waals surface area contributed by atoms with E-state index in [1.54, 1.807) is 0 Å². The molecule has 0 amide bonds. The maximum atomic E-state index is 9.95. The summed E-state index contributed by atoms with van der Waals surface area (Å²) >= 11 is 0. The molecule has 0 bridgehead atoms. The summed E-state index contributed by atoms with van der Waals surface area (Å²) in [6.45, 7) is 4.98. The summed E-state index contributed by atoms with van der Waals surface area (Å²) in [5.41, 5.74) is 0. The largest absolute Gasteiger partial charge is 0.389 e. The van der Waals surface area contributed by atoms with Crippen LogP contribution in [-0.4, -0.2) is 49.7 Å². The summed E-state index contributed by atoms with van der Waals surface area (Å²) in [5, 5.41) is 13.4. The van der Waals surface area contributed by atoms with E-state index in [0.717, 1.165) is 32.5 Å². The summed E-state index contributed by atoms with van der Waals surface area (Å²) in [6, 6.07) is 0.409. The van der Waals surface area contributed by atoms with E-state index in [9.17, 15) is 5.11 Å². The van der Waals surface area contributed by atoms with Crippen LogP contribution < -0.4 is 5.32 Å². The van der Waals surface area contributed by atoms with Gasteiger partial charge in [0.25, 0.3) is 0 Å². The molecule has 4 heteroatoms. The van der Waals surface area contributed by atoms with Crippen LogP contribution in [0.1, 0.15) is 45.4 Å². The van der Waals surface area contributed by atoms with Gasteiger partial charge in [0.2, 0.25) is 0 Å². The van der Waals surface area contributed by atoms with E-state index in [2.05, 4.69) is 12.2 Å². The normalized spacial score (nSPS) is 28.4. The second kappa shape index (κ2) is 8.20. The number of rotatable bonds is 7. The van der Waals surface area contributed by atoms with Gasteiger partial charge in [0.05, 0.1) is 25.4 Å². The first-order valence-electron chi connectivity index (χ1n) is 7.86. The van der Waals surface area contributed by atoms with Crippen molar-refractivity contribution >= 4 is 0 Å². The molecule has 1 aliphatic carbocycles. The molecule has 1 aliphatic heterocycles. The van der Waals surface area contributed by atoms with Gasteiger partial charge in [-0.1, -0.05) is 19.3 Å². The fourth-order valence-electron chi connectivity index (χ4n) is 2.97. The Hall–Kier alpha value is -0.160. The summed E-state index contributed by atoms with van der Waals surface area (Å²) in [5.74, 6) is 0.589. The van der Waals surface area contributed by atoms with Crippen molar-refractivity contribution in [3.05, 3.63) is 0 Å². The van der Waals surface area contributed by atoms with Gasteiger partial charge in [0.15, 0.2) is 0 Å². The predicted octanol–water partition coefficient (Wildman–Crippen LogP) is 1.71. The zero-order valence-corrected chi connectivity index (χ0v) is 12.1. The molecular formula is C15H29NO3. The van der Waals surface area contributed by atoms with E-state index in [-0.39, 0.29) is 0 Å². The molecule has 3 unspecified atom stereocenters. The average Bonchev–Trinajstić information content (AvgIpc) is 2.98. The van der Waals surface area contributed by atoms with Crippen LogP contribution in [0.5, 0.6) is 0 Å². The van der Waals surface area contributed by atoms with Crippen molar-refractivity contribution in [3.63, 3.8) is 0 Å². The Kier molecular flexibility index (Phi) is 6.57. The van der Waals surface area contributed by atoms with Gasteiger partial charge in [-0.15, -0.1) is 0 Å². The number of hydrogen-bond acceptors (Lipinski definition) is 4. The molecule has 0 aromatic rings. The SMILES string of the molecule is CC(NCC(O)COC1CCCCC1)C1CCOC1. The van der Waals surface area contributed by atoms with Crippen LogP contribution in [0.15, 0.2) is 0 Å². The third kappa shape index (κ3) is 5.38. The highest BCUT2D eigenvalue weighted by molar-refractivity contribution is 4.77. The predicted molar refractivity (Wildman–Crippen MR) is 75.2 cm³/mol. The number of ether oxygens (including phenoxy) is 2. The standard InChI is InChI=1S/C15H29NO3/c1-12(13-7-8-18-10-13)16-9-14(17)11-19-15-5-3-2-4-6-15/h12-17H,2-11H2,1H3. The van der Waals surface area contributed by atoms with E-state index in [1.165, 1.54) is 19.3 Å². The molecule has 4 nitrogen and oxygen atoms in total. The highest BCUT2D eigenvalue weighted by Crippen LogP contribution is 2.20. The minimum absolute atomic E-state index is 0.379. The van der Waals surface area contributed by atoms with Crippen LogP contribution >= 0.6 is 0 Å². The lowest BCUT2D eigenvalue weighted by Gasteiger charge is -2.25. The first-order valence-corrected chi connectivity index (χ1v) is 7.86. The minimum atomic E-state index is -0.397. The van der Waals surface area contributed by atoms with Crippen LogP contribution in [0, 0.1) is 5.92 Å². The van der Waals surface area contributed by atoms with E-state index >= 15 is 0 Å². The first-order chi connectivity index (χ1) is 9.25.